The van der Waals surface area contributed by atoms with Crippen LogP contribution < -0.4 is 15.4 Å². The summed E-state index contributed by atoms with van der Waals surface area (Å²) in [5.41, 5.74) is 6.76. The summed E-state index contributed by atoms with van der Waals surface area (Å²) in [5.74, 6) is -0.200. The fraction of sp³-hybridized carbons (Fsp3) is 0.435. The molecule has 1 spiro atoms. The van der Waals surface area contributed by atoms with Gasteiger partial charge in [-0.3, -0.25) is 15.2 Å². The van der Waals surface area contributed by atoms with E-state index in [0.29, 0.717) is 42.1 Å². The van der Waals surface area contributed by atoms with E-state index < -0.39 is 17.6 Å². The molecule has 0 aromatic carbocycles. The zero-order valence-corrected chi connectivity index (χ0v) is 18.7. The molecule has 0 radical (unpaired) electrons. The van der Waals surface area contributed by atoms with Crippen LogP contribution in [0.4, 0.5) is 24.5 Å². The second kappa shape index (κ2) is 8.21. The van der Waals surface area contributed by atoms with Gasteiger partial charge in [0, 0.05) is 49.6 Å². The molecule has 184 valence electrons. The quantitative estimate of drug-likeness (QED) is 0.439. The Morgan fingerprint density at radius 2 is 2.09 bits per heavy atom. The minimum atomic E-state index is -4.42. The minimum Gasteiger partial charge on any atom is -0.474 e. The van der Waals surface area contributed by atoms with Crippen LogP contribution in [0.3, 0.4) is 0 Å². The Kier molecular flexibility index (Phi) is 5.41. The molecule has 1 amide bonds. The zero-order valence-electron chi connectivity index (χ0n) is 18.7. The van der Waals surface area contributed by atoms with Crippen molar-refractivity contribution in [3.63, 3.8) is 0 Å². The van der Waals surface area contributed by atoms with Gasteiger partial charge in [-0.05, 0) is 25.0 Å². The highest BCUT2D eigenvalue weighted by Crippen LogP contribution is 2.54. The number of pyridine rings is 2. The van der Waals surface area contributed by atoms with Gasteiger partial charge in [-0.2, -0.15) is 13.2 Å². The third-order valence-corrected chi connectivity index (χ3v) is 7.05. The summed E-state index contributed by atoms with van der Waals surface area (Å²) in [6.07, 6.45) is 0.399. The lowest BCUT2D eigenvalue weighted by Gasteiger charge is -2.43. The Hall–Kier alpha value is -3.70. The van der Waals surface area contributed by atoms with Gasteiger partial charge in [-0.25, -0.2) is 4.98 Å². The highest BCUT2D eigenvalue weighted by atomic mass is 19.4. The van der Waals surface area contributed by atoms with Gasteiger partial charge in [0.25, 0.3) is 0 Å². The third-order valence-electron chi connectivity index (χ3n) is 7.05. The Labute approximate surface area is 199 Å². The summed E-state index contributed by atoms with van der Waals surface area (Å²) >= 11 is 0. The molecule has 0 bridgehead atoms. The molecular formula is C23H24F3N7O2. The summed E-state index contributed by atoms with van der Waals surface area (Å²) < 4.78 is 46.2. The Bertz CT molecular complexity index is 1200. The summed E-state index contributed by atoms with van der Waals surface area (Å²) in [7, 11) is 0. The molecule has 1 aliphatic carbocycles. The van der Waals surface area contributed by atoms with E-state index in [1.165, 1.54) is 11.1 Å². The summed E-state index contributed by atoms with van der Waals surface area (Å²) in [6.45, 7) is -0.0977. The van der Waals surface area contributed by atoms with Crippen molar-refractivity contribution in [2.45, 2.75) is 49.4 Å². The first-order chi connectivity index (χ1) is 16.6. The topological polar surface area (TPSA) is 132 Å². The van der Waals surface area contributed by atoms with Crippen LogP contribution >= 0.6 is 0 Å². The normalized spacial score (nSPS) is 25.5. The number of nitrogens with one attached hydrogen (secondary N) is 2. The SMILES string of the molecule is N=Cc1nc(OC2CC3(C2)C(=O)N(CC(=N)N2CCC[C@H]2C(F)(F)F)c2ccncc23)ccc1N. The van der Waals surface area contributed by atoms with Crippen LogP contribution in [0, 0.1) is 10.8 Å². The molecule has 1 atom stereocenters. The van der Waals surface area contributed by atoms with Gasteiger partial charge < -0.3 is 25.7 Å². The van der Waals surface area contributed by atoms with Crippen LogP contribution in [0.25, 0.3) is 0 Å². The van der Waals surface area contributed by atoms with Crippen molar-refractivity contribution in [3.05, 3.63) is 41.9 Å². The van der Waals surface area contributed by atoms with Gasteiger partial charge in [-0.1, -0.05) is 0 Å². The number of amides is 1. The van der Waals surface area contributed by atoms with Gasteiger partial charge >= 0.3 is 6.18 Å². The number of halogens is 3. The van der Waals surface area contributed by atoms with Gasteiger partial charge in [0.05, 0.1) is 23.3 Å². The van der Waals surface area contributed by atoms with Crippen molar-refractivity contribution >= 4 is 29.3 Å². The second-order valence-electron chi connectivity index (χ2n) is 9.12. The van der Waals surface area contributed by atoms with Crippen LogP contribution in [-0.4, -0.2) is 64.2 Å². The Morgan fingerprint density at radius 3 is 2.80 bits per heavy atom. The molecule has 1 saturated heterocycles. The molecule has 2 aromatic rings. The Balaban J connectivity index is 1.33. The zero-order chi connectivity index (χ0) is 25.0. The molecule has 1 saturated carbocycles. The average Bonchev–Trinajstić information content (AvgIpc) is 3.38. The van der Waals surface area contributed by atoms with E-state index in [1.54, 1.807) is 24.4 Å². The molecule has 0 unspecified atom stereocenters. The fourth-order valence-electron chi connectivity index (χ4n) is 5.32. The number of nitrogen functional groups attached to an aromatic ring is 1. The average molecular weight is 487 g/mol. The number of fused-ring (bicyclic) bond motifs is 2. The number of aromatic nitrogens is 2. The molecule has 5 rings (SSSR count). The largest absolute Gasteiger partial charge is 0.474 e. The number of anilines is 2. The lowest BCUT2D eigenvalue weighted by molar-refractivity contribution is -0.167. The molecule has 3 aliphatic rings. The number of nitrogens with zero attached hydrogens (tertiary/aromatic N) is 4. The van der Waals surface area contributed by atoms with Crippen molar-refractivity contribution in [2.75, 3.05) is 23.7 Å². The van der Waals surface area contributed by atoms with Crippen molar-refractivity contribution in [2.24, 2.45) is 0 Å². The lowest BCUT2D eigenvalue weighted by Crippen LogP contribution is -2.55. The molecule has 35 heavy (non-hydrogen) atoms. The molecule has 9 nitrogen and oxygen atoms in total. The van der Waals surface area contributed by atoms with Crippen molar-refractivity contribution in [1.82, 2.24) is 14.9 Å². The first-order valence-corrected chi connectivity index (χ1v) is 11.2. The predicted molar refractivity (Wildman–Crippen MR) is 122 cm³/mol. The van der Waals surface area contributed by atoms with Gasteiger partial charge in [-0.15, -0.1) is 0 Å². The predicted octanol–water partition coefficient (Wildman–Crippen LogP) is 2.89. The van der Waals surface area contributed by atoms with E-state index >= 15 is 0 Å². The third kappa shape index (κ3) is 3.76. The molecule has 4 heterocycles. The van der Waals surface area contributed by atoms with Gasteiger partial charge in [0.2, 0.25) is 11.8 Å². The number of rotatable bonds is 5. The smallest absolute Gasteiger partial charge is 0.408 e. The highest BCUT2D eigenvalue weighted by Gasteiger charge is 2.60. The second-order valence-corrected chi connectivity index (χ2v) is 9.12. The number of amidine groups is 1. The van der Waals surface area contributed by atoms with Crippen LogP contribution in [0.1, 0.15) is 36.9 Å². The van der Waals surface area contributed by atoms with Crippen molar-refractivity contribution in [1.29, 1.82) is 10.8 Å². The standard InChI is InChI=1S/C23H24F3N7O2/c24-23(25,26)18-2-1-7-32(18)19(29)12-33-17-5-6-30-11-14(17)22(21(33)34)8-13(9-22)35-20-4-3-15(28)16(10-27)31-20/h3-6,10-11,13,18,27,29H,1-2,7-9,12,28H2/t13?,18-,22?/m0/s1. The molecule has 2 aliphatic heterocycles. The fourth-order valence-corrected chi connectivity index (χ4v) is 5.32. The van der Waals surface area contributed by atoms with E-state index in [2.05, 4.69) is 9.97 Å². The van der Waals surface area contributed by atoms with Crippen LogP contribution in [-0.2, 0) is 10.2 Å². The first-order valence-electron chi connectivity index (χ1n) is 11.2. The molecule has 12 heteroatoms. The number of hydrogen-bond donors (Lipinski definition) is 3. The first kappa shape index (κ1) is 23.1. The number of hydrogen-bond acceptors (Lipinski definition) is 7. The molecule has 4 N–H and O–H groups in total. The number of carbonyl (C=O) groups excluding carboxylic acids is 1. The summed E-state index contributed by atoms with van der Waals surface area (Å²) in [5, 5.41) is 15.8. The number of likely N-dealkylation sites (tertiary alicyclic amines) is 1. The maximum Gasteiger partial charge on any atom is 0.408 e. The number of ether oxygens (including phenoxy) is 1. The maximum atomic E-state index is 13.6. The van der Waals surface area contributed by atoms with Crippen LogP contribution in [0.5, 0.6) is 5.88 Å². The monoisotopic (exact) mass is 487 g/mol. The van der Waals surface area contributed by atoms with Crippen LogP contribution in [0.15, 0.2) is 30.6 Å². The van der Waals surface area contributed by atoms with E-state index in [9.17, 15) is 18.0 Å². The van der Waals surface area contributed by atoms with Crippen molar-refractivity contribution < 1.29 is 22.7 Å². The van der Waals surface area contributed by atoms with Gasteiger partial charge in [0.15, 0.2) is 0 Å². The maximum absolute atomic E-state index is 13.6. The van der Waals surface area contributed by atoms with Crippen molar-refractivity contribution in [3.8, 4) is 5.88 Å². The summed E-state index contributed by atoms with van der Waals surface area (Å²) in [6, 6.07) is 3.15. The minimum absolute atomic E-state index is 0.0534. The summed E-state index contributed by atoms with van der Waals surface area (Å²) in [4.78, 5) is 24.4. The van der Waals surface area contributed by atoms with E-state index in [-0.39, 0.29) is 43.1 Å². The molecule has 2 fully saturated rings. The van der Waals surface area contributed by atoms with E-state index in [0.717, 1.165) is 11.1 Å². The highest BCUT2D eigenvalue weighted by molar-refractivity contribution is 6.11. The number of carbonyl (C=O) groups is 1. The molecule has 2 aromatic heterocycles. The molecular weight excluding hydrogens is 463 g/mol. The van der Waals surface area contributed by atoms with E-state index in [1.807, 2.05) is 0 Å². The Morgan fingerprint density at radius 1 is 1.31 bits per heavy atom. The lowest BCUT2D eigenvalue weighted by atomic mass is 9.63. The number of alkyl halides is 3. The van der Waals surface area contributed by atoms with E-state index in [4.69, 9.17) is 21.3 Å². The number of nitrogens with two attached hydrogens (primary N) is 1. The van der Waals surface area contributed by atoms with Crippen LogP contribution in [0.2, 0.25) is 0 Å². The van der Waals surface area contributed by atoms with Gasteiger partial charge in [0.1, 0.15) is 23.7 Å².